The molecule has 5 nitrogen and oxygen atoms in total. The van der Waals surface area contributed by atoms with Gasteiger partial charge in [0.15, 0.2) is 0 Å². The van der Waals surface area contributed by atoms with E-state index in [1.165, 1.54) is 17.0 Å². The molecule has 112 valence electrons. The van der Waals surface area contributed by atoms with Gasteiger partial charge in [-0.3, -0.25) is 4.79 Å². The van der Waals surface area contributed by atoms with Crippen molar-refractivity contribution in [2.24, 2.45) is 0 Å². The van der Waals surface area contributed by atoms with Gasteiger partial charge in [0.2, 0.25) is 15.9 Å². The Morgan fingerprint density at radius 3 is 2.40 bits per heavy atom. The second-order valence-corrected chi connectivity index (χ2v) is 7.20. The molecular formula is C13H20N2O3S2. The van der Waals surface area contributed by atoms with Crippen LogP contribution in [0.2, 0.25) is 0 Å². The van der Waals surface area contributed by atoms with Crippen molar-refractivity contribution in [3.63, 3.8) is 0 Å². The predicted octanol–water partition coefficient (Wildman–Crippen LogP) is 1.17. The summed E-state index contributed by atoms with van der Waals surface area (Å²) in [4.78, 5) is 13.6. The van der Waals surface area contributed by atoms with Crippen LogP contribution in [0.25, 0.3) is 0 Å². The molecular weight excluding hydrogens is 296 g/mol. The molecule has 1 amide bonds. The first-order valence-corrected chi connectivity index (χ1v) is 9.03. The third-order valence-corrected chi connectivity index (χ3v) is 4.83. The lowest BCUT2D eigenvalue weighted by atomic mass is 10.2. The number of carbonyl (C=O) groups is 1. The van der Waals surface area contributed by atoms with Crippen LogP contribution in [0.3, 0.4) is 0 Å². The van der Waals surface area contributed by atoms with Gasteiger partial charge in [-0.1, -0.05) is 18.2 Å². The van der Waals surface area contributed by atoms with E-state index in [4.69, 9.17) is 0 Å². The fraction of sp³-hybridized carbons (Fsp3) is 0.462. The Morgan fingerprint density at radius 1 is 1.30 bits per heavy atom. The smallest absolute Gasteiger partial charge is 0.241 e. The molecule has 0 fully saturated rings. The van der Waals surface area contributed by atoms with Crippen molar-refractivity contribution < 1.29 is 13.2 Å². The first-order chi connectivity index (χ1) is 9.38. The third-order valence-electron chi connectivity index (χ3n) is 2.70. The number of thioether (sulfide) groups is 1. The molecule has 0 radical (unpaired) electrons. The van der Waals surface area contributed by atoms with Gasteiger partial charge >= 0.3 is 0 Å². The van der Waals surface area contributed by atoms with Crippen molar-refractivity contribution in [2.75, 3.05) is 26.1 Å². The first-order valence-electron chi connectivity index (χ1n) is 6.16. The molecule has 1 aromatic rings. The number of hydrogen-bond acceptors (Lipinski definition) is 4. The van der Waals surface area contributed by atoms with E-state index in [0.29, 0.717) is 12.2 Å². The molecule has 1 atom stereocenters. The molecule has 1 N–H and O–H groups in total. The van der Waals surface area contributed by atoms with Gasteiger partial charge < -0.3 is 4.90 Å². The number of nitrogens with zero attached hydrogens (tertiary/aromatic N) is 1. The third kappa shape index (κ3) is 4.81. The first kappa shape index (κ1) is 17.0. The monoisotopic (exact) mass is 316 g/mol. The lowest BCUT2D eigenvalue weighted by Gasteiger charge is -2.21. The SMILES string of the molecule is CSCCC(NS(=O)(=O)c1ccccc1)C(=O)N(C)C. The van der Waals surface area contributed by atoms with Crippen LogP contribution in [0, 0.1) is 0 Å². The summed E-state index contributed by atoms with van der Waals surface area (Å²) in [7, 11) is -0.443. The van der Waals surface area contributed by atoms with Crippen molar-refractivity contribution in [1.29, 1.82) is 0 Å². The van der Waals surface area contributed by atoms with E-state index in [1.807, 2.05) is 6.26 Å². The quantitative estimate of drug-likeness (QED) is 0.820. The number of rotatable bonds is 7. The van der Waals surface area contributed by atoms with Crippen LogP contribution in [0.1, 0.15) is 6.42 Å². The number of hydrogen-bond donors (Lipinski definition) is 1. The van der Waals surface area contributed by atoms with Gasteiger partial charge in [0.25, 0.3) is 0 Å². The average Bonchev–Trinajstić information content (AvgIpc) is 2.43. The zero-order chi connectivity index (χ0) is 15.2. The lowest BCUT2D eigenvalue weighted by molar-refractivity contribution is -0.130. The number of carbonyl (C=O) groups excluding carboxylic acids is 1. The number of benzene rings is 1. The maximum Gasteiger partial charge on any atom is 0.241 e. The highest BCUT2D eigenvalue weighted by atomic mass is 32.2. The molecule has 1 aromatic carbocycles. The molecule has 0 heterocycles. The van der Waals surface area contributed by atoms with Gasteiger partial charge in [0.1, 0.15) is 6.04 Å². The molecule has 0 aliphatic rings. The molecule has 0 bridgehead atoms. The topological polar surface area (TPSA) is 66.5 Å². The van der Waals surface area contributed by atoms with Crippen LogP contribution in [0.5, 0.6) is 0 Å². The second-order valence-electron chi connectivity index (χ2n) is 4.50. The average molecular weight is 316 g/mol. The summed E-state index contributed by atoms with van der Waals surface area (Å²) in [6.45, 7) is 0. The Labute approximate surface area is 124 Å². The Hall–Kier alpha value is -1.05. The Kier molecular flexibility index (Phi) is 6.51. The number of nitrogens with one attached hydrogen (secondary N) is 1. The van der Waals surface area contributed by atoms with Crippen LogP contribution in [-0.4, -0.2) is 51.4 Å². The summed E-state index contributed by atoms with van der Waals surface area (Å²) < 4.78 is 27.0. The zero-order valence-electron chi connectivity index (χ0n) is 11.9. The molecule has 0 spiro atoms. The van der Waals surface area contributed by atoms with E-state index in [2.05, 4.69) is 4.72 Å². The summed E-state index contributed by atoms with van der Waals surface area (Å²) in [5, 5.41) is 0. The largest absolute Gasteiger partial charge is 0.347 e. The van der Waals surface area contributed by atoms with Crippen molar-refractivity contribution in [1.82, 2.24) is 9.62 Å². The fourth-order valence-electron chi connectivity index (χ4n) is 1.64. The molecule has 0 aliphatic carbocycles. The van der Waals surface area contributed by atoms with E-state index in [-0.39, 0.29) is 10.8 Å². The van der Waals surface area contributed by atoms with E-state index in [1.54, 1.807) is 44.1 Å². The van der Waals surface area contributed by atoms with Crippen LogP contribution in [0.4, 0.5) is 0 Å². The predicted molar refractivity (Wildman–Crippen MR) is 82.2 cm³/mol. The van der Waals surface area contributed by atoms with Crippen molar-refractivity contribution in [3.05, 3.63) is 30.3 Å². The standard InChI is InChI=1S/C13H20N2O3S2/c1-15(2)13(16)12(9-10-19-3)14-20(17,18)11-7-5-4-6-8-11/h4-8,12,14H,9-10H2,1-3H3. The number of sulfonamides is 1. The molecule has 0 aliphatic heterocycles. The number of likely N-dealkylation sites (N-methyl/N-ethyl adjacent to an activating group) is 1. The van der Waals surface area contributed by atoms with E-state index in [0.717, 1.165) is 0 Å². The molecule has 0 saturated heterocycles. The van der Waals surface area contributed by atoms with Gasteiger partial charge in [-0.25, -0.2) is 8.42 Å². The van der Waals surface area contributed by atoms with Crippen molar-refractivity contribution >= 4 is 27.7 Å². The summed E-state index contributed by atoms with van der Waals surface area (Å²) >= 11 is 1.58. The highest BCUT2D eigenvalue weighted by molar-refractivity contribution is 7.98. The summed E-state index contributed by atoms with van der Waals surface area (Å²) in [5.41, 5.74) is 0. The Balaban J connectivity index is 2.91. The molecule has 1 unspecified atom stereocenters. The summed E-state index contributed by atoms with van der Waals surface area (Å²) in [6.07, 6.45) is 2.38. The summed E-state index contributed by atoms with van der Waals surface area (Å²) in [5.74, 6) is 0.472. The molecule has 20 heavy (non-hydrogen) atoms. The van der Waals surface area contributed by atoms with Crippen LogP contribution >= 0.6 is 11.8 Å². The Morgan fingerprint density at radius 2 is 1.90 bits per heavy atom. The van der Waals surface area contributed by atoms with Gasteiger partial charge in [-0.2, -0.15) is 16.5 Å². The van der Waals surface area contributed by atoms with Crippen molar-refractivity contribution in [2.45, 2.75) is 17.4 Å². The van der Waals surface area contributed by atoms with Crippen molar-refractivity contribution in [3.8, 4) is 0 Å². The van der Waals surface area contributed by atoms with Gasteiger partial charge in [0, 0.05) is 14.1 Å². The lowest BCUT2D eigenvalue weighted by Crippen LogP contribution is -2.46. The molecule has 0 saturated carbocycles. The van der Waals surface area contributed by atoms with Gasteiger partial charge in [-0.15, -0.1) is 0 Å². The summed E-state index contributed by atoms with van der Waals surface area (Å²) in [6, 6.07) is 7.33. The second kappa shape index (κ2) is 7.66. The van der Waals surface area contributed by atoms with E-state index < -0.39 is 16.1 Å². The molecule has 1 rings (SSSR count). The highest BCUT2D eigenvalue weighted by Gasteiger charge is 2.26. The Bertz CT molecular complexity index is 530. The normalized spacial score (nSPS) is 12.9. The molecule has 0 aromatic heterocycles. The highest BCUT2D eigenvalue weighted by Crippen LogP contribution is 2.11. The minimum Gasteiger partial charge on any atom is -0.347 e. The molecule has 7 heteroatoms. The minimum atomic E-state index is -3.68. The maximum absolute atomic E-state index is 12.2. The zero-order valence-corrected chi connectivity index (χ0v) is 13.5. The maximum atomic E-state index is 12.2. The van der Waals surface area contributed by atoms with Crippen LogP contribution in [0.15, 0.2) is 35.2 Å². The van der Waals surface area contributed by atoms with E-state index in [9.17, 15) is 13.2 Å². The minimum absolute atomic E-state index is 0.167. The van der Waals surface area contributed by atoms with Gasteiger partial charge in [-0.05, 0) is 30.6 Å². The van der Waals surface area contributed by atoms with E-state index >= 15 is 0 Å². The number of amides is 1. The fourth-order valence-corrected chi connectivity index (χ4v) is 3.35. The van der Waals surface area contributed by atoms with Crippen LogP contribution in [-0.2, 0) is 14.8 Å². The van der Waals surface area contributed by atoms with Gasteiger partial charge in [0.05, 0.1) is 4.90 Å². The van der Waals surface area contributed by atoms with Crippen LogP contribution < -0.4 is 4.72 Å².